The summed E-state index contributed by atoms with van der Waals surface area (Å²) >= 11 is 6.02. The Morgan fingerprint density at radius 2 is 1.91 bits per heavy atom. The van der Waals surface area contributed by atoms with Gasteiger partial charge in [-0.05, 0) is 18.2 Å². The second kappa shape index (κ2) is 5.10. The summed E-state index contributed by atoms with van der Waals surface area (Å²) in [6.45, 7) is 0. The molecule has 0 bridgehead atoms. The van der Waals surface area contributed by atoms with Crippen LogP contribution in [0.3, 0.4) is 0 Å². The maximum Gasteiger partial charge on any atom is 0.418 e. The molecule has 0 spiro atoms. The zero-order valence-electron chi connectivity index (χ0n) is 10.8. The molecule has 2 aromatic heterocycles. The van der Waals surface area contributed by atoms with Crippen molar-refractivity contribution in [1.29, 1.82) is 0 Å². The Balaban J connectivity index is 2.16. The molecule has 3 aromatic rings. The number of para-hydroxylation sites is 1. The summed E-state index contributed by atoms with van der Waals surface area (Å²) in [5.74, 6) is 0.0966. The van der Waals surface area contributed by atoms with E-state index in [0.29, 0.717) is 22.8 Å². The van der Waals surface area contributed by atoms with Crippen molar-refractivity contribution >= 4 is 22.5 Å². The lowest BCUT2D eigenvalue weighted by molar-refractivity contribution is -0.138. The topological polar surface area (TPSA) is 47.8 Å². The van der Waals surface area contributed by atoms with E-state index in [1.807, 2.05) is 0 Å². The average Bonchev–Trinajstić information content (AvgIpc) is 2.46. The quantitative estimate of drug-likeness (QED) is 0.688. The van der Waals surface area contributed by atoms with Gasteiger partial charge in [-0.15, -0.1) is 0 Å². The number of aromatic nitrogens is 3. The molecule has 4 nitrogen and oxygen atoms in total. The molecular weight excluding hydrogens is 319 g/mol. The summed E-state index contributed by atoms with van der Waals surface area (Å²) in [6, 6.07) is 8.78. The molecule has 0 fully saturated rings. The zero-order chi connectivity index (χ0) is 15.9. The molecule has 0 N–H and O–H groups in total. The van der Waals surface area contributed by atoms with Gasteiger partial charge in [-0.1, -0.05) is 23.7 Å². The number of hydrogen-bond acceptors (Lipinski definition) is 3. The summed E-state index contributed by atoms with van der Waals surface area (Å²) in [4.78, 5) is 16.0. The van der Waals surface area contributed by atoms with Crippen LogP contribution in [-0.4, -0.2) is 14.8 Å². The zero-order valence-corrected chi connectivity index (χ0v) is 11.6. The van der Waals surface area contributed by atoms with Crippen LogP contribution in [0.25, 0.3) is 16.7 Å². The van der Waals surface area contributed by atoms with Gasteiger partial charge in [-0.3, -0.25) is 4.79 Å². The molecule has 3 rings (SSSR count). The van der Waals surface area contributed by atoms with Crippen LogP contribution in [-0.2, 0) is 6.18 Å². The highest BCUT2D eigenvalue weighted by molar-refractivity contribution is 6.35. The third-order valence-corrected chi connectivity index (χ3v) is 3.31. The predicted octanol–water partition coefficient (Wildman–Crippen LogP) is 3.45. The van der Waals surface area contributed by atoms with Crippen molar-refractivity contribution in [3.63, 3.8) is 0 Å². The molecule has 0 saturated carbocycles. The highest BCUT2D eigenvalue weighted by Crippen LogP contribution is 2.27. The van der Waals surface area contributed by atoms with Crippen LogP contribution in [0.5, 0.6) is 0 Å². The van der Waals surface area contributed by atoms with Gasteiger partial charge in [0, 0.05) is 11.5 Å². The lowest BCUT2D eigenvalue weighted by Crippen LogP contribution is -2.23. The normalized spacial score (nSPS) is 11.8. The summed E-state index contributed by atoms with van der Waals surface area (Å²) in [5, 5.41) is 4.65. The molecule has 2 heterocycles. The summed E-state index contributed by atoms with van der Waals surface area (Å²) in [5.41, 5.74) is -1.59. The van der Waals surface area contributed by atoms with Gasteiger partial charge in [0.25, 0.3) is 5.56 Å². The maximum atomic E-state index is 12.5. The van der Waals surface area contributed by atoms with E-state index < -0.39 is 17.3 Å². The molecule has 0 radical (unpaired) electrons. The van der Waals surface area contributed by atoms with Crippen molar-refractivity contribution < 1.29 is 13.2 Å². The Hall–Kier alpha value is -2.41. The highest BCUT2D eigenvalue weighted by Gasteiger charge is 2.31. The first-order valence-corrected chi connectivity index (χ1v) is 6.46. The third kappa shape index (κ3) is 2.55. The van der Waals surface area contributed by atoms with Gasteiger partial charge in [0.15, 0.2) is 5.82 Å². The summed E-state index contributed by atoms with van der Waals surface area (Å²) in [7, 11) is 0. The Labute approximate surface area is 126 Å². The lowest BCUT2D eigenvalue weighted by atomic mass is 10.2. The standard InChI is InChI=1S/C14H7ClF3N3O/c15-10-3-1-2-8-4-5-11(20-13(8)10)21-12(22)6-9(7-19-21)14(16,17)18/h1-7H. The molecule has 0 amide bonds. The summed E-state index contributed by atoms with van der Waals surface area (Å²) < 4.78 is 38.4. The van der Waals surface area contributed by atoms with Gasteiger partial charge < -0.3 is 0 Å². The summed E-state index contributed by atoms with van der Waals surface area (Å²) in [6.07, 6.45) is -4.04. The Bertz CT molecular complexity index is 921. The lowest BCUT2D eigenvalue weighted by Gasteiger charge is -2.08. The third-order valence-electron chi connectivity index (χ3n) is 3.00. The molecule has 22 heavy (non-hydrogen) atoms. The number of halogens is 4. The van der Waals surface area contributed by atoms with E-state index >= 15 is 0 Å². The van der Waals surface area contributed by atoms with Crippen molar-refractivity contribution in [2.45, 2.75) is 6.18 Å². The smallest absolute Gasteiger partial charge is 0.267 e. The number of nitrogens with zero attached hydrogens (tertiary/aromatic N) is 3. The SMILES string of the molecule is O=c1cc(C(F)(F)F)cnn1-c1ccc2cccc(Cl)c2n1. The van der Waals surface area contributed by atoms with Gasteiger partial charge >= 0.3 is 6.18 Å². The minimum atomic E-state index is -4.62. The van der Waals surface area contributed by atoms with Crippen LogP contribution in [0.15, 0.2) is 47.4 Å². The maximum absolute atomic E-state index is 12.5. The minimum Gasteiger partial charge on any atom is -0.267 e. The molecule has 0 aliphatic heterocycles. The molecule has 0 aliphatic carbocycles. The molecule has 8 heteroatoms. The first-order chi connectivity index (χ1) is 10.4. The number of alkyl halides is 3. The first-order valence-electron chi connectivity index (χ1n) is 6.08. The fraction of sp³-hybridized carbons (Fsp3) is 0.0714. The van der Waals surface area contributed by atoms with E-state index in [9.17, 15) is 18.0 Å². The van der Waals surface area contributed by atoms with Crippen molar-refractivity contribution in [2.75, 3.05) is 0 Å². The largest absolute Gasteiger partial charge is 0.418 e. The number of benzene rings is 1. The monoisotopic (exact) mass is 325 g/mol. The van der Waals surface area contributed by atoms with Crippen LogP contribution in [0.4, 0.5) is 13.2 Å². The minimum absolute atomic E-state index is 0.0966. The van der Waals surface area contributed by atoms with E-state index in [1.165, 1.54) is 6.07 Å². The molecule has 0 unspecified atom stereocenters. The van der Waals surface area contributed by atoms with Crippen LogP contribution in [0.1, 0.15) is 5.56 Å². The molecule has 1 aromatic carbocycles. The van der Waals surface area contributed by atoms with Crippen molar-refractivity contribution in [2.24, 2.45) is 0 Å². The second-order valence-corrected chi connectivity index (χ2v) is 4.88. The molecule has 0 aliphatic rings. The van der Waals surface area contributed by atoms with E-state index in [2.05, 4.69) is 10.1 Å². The number of rotatable bonds is 1. The molecule has 0 saturated heterocycles. The van der Waals surface area contributed by atoms with Gasteiger partial charge in [0.1, 0.15) is 0 Å². The van der Waals surface area contributed by atoms with E-state index in [4.69, 9.17) is 11.6 Å². The van der Waals surface area contributed by atoms with Crippen LogP contribution in [0, 0.1) is 0 Å². The van der Waals surface area contributed by atoms with E-state index in [0.717, 1.165) is 10.1 Å². The Morgan fingerprint density at radius 3 is 2.59 bits per heavy atom. The Kier molecular flexibility index (Phi) is 3.37. The number of fused-ring (bicyclic) bond motifs is 1. The van der Waals surface area contributed by atoms with Crippen LogP contribution >= 0.6 is 11.6 Å². The molecular formula is C14H7ClF3N3O. The van der Waals surface area contributed by atoms with Gasteiger partial charge in [0.05, 0.1) is 22.3 Å². The van der Waals surface area contributed by atoms with E-state index in [-0.39, 0.29) is 5.82 Å². The van der Waals surface area contributed by atoms with Gasteiger partial charge in [0.2, 0.25) is 0 Å². The average molecular weight is 326 g/mol. The Morgan fingerprint density at radius 1 is 1.14 bits per heavy atom. The van der Waals surface area contributed by atoms with Gasteiger partial charge in [-0.25, -0.2) is 4.98 Å². The predicted molar refractivity (Wildman–Crippen MR) is 75.1 cm³/mol. The fourth-order valence-corrected chi connectivity index (χ4v) is 2.18. The van der Waals surface area contributed by atoms with Gasteiger partial charge in [-0.2, -0.15) is 23.0 Å². The molecule has 0 atom stereocenters. The van der Waals surface area contributed by atoms with Crippen molar-refractivity contribution in [3.05, 3.63) is 63.5 Å². The number of hydrogen-bond donors (Lipinski definition) is 0. The van der Waals surface area contributed by atoms with E-state index in [1.54, 1.807) is 24.3 Å². The van der Waals surface area contributed by atoms with Crippen LogP contribution < -0.4 is 5.56 Å². The van der Waals surface area contributed by atoms with Crippen LogP contribution in [0.2, 0.25) is 5.02 Å². The second-order valence-electron chi connectivity index (χ2n) is 4.47. The molecule has 112 valence electrons. The first kappa shape index (κ1) is 14.5. The van der Waals surface area contributed by atoms with Crippen molar-refractivity contribution in [1.82, 2.24) is 14.8 Å². The highest BCUT2D eigenvalue weighted by atomic mass is 35.5. The fourth-order valence-electron chi connectivity index (χ4n) is 1.95. The van der Waals surface area contributed by atoms with Crippen molar-refractivity contribution in [3.8, 4) is 5.82 Å². The number of pyridine rings is 1.